The summed E-state index contributed by atoms with van der Waals surface area (Å²) in [6.07, 6.45) is 2.77. The Labute approximate surface area is 126 Å². The molecule has 0 saturated carbocycles. The van der Waals surface area contributed by atoms with E-state index in [1.807, 2.05) is 13.8 Å². The maximum Gasteiger partial charge on any atom is 0.236 e. The Morgan fingerprint density at radius 1 is 1.40 bits per heavy atom. The fraction of sp³-hybridized carbons (Fsp3) is 0.857. The number of aliphatic hydroxyl groups is 1. The maximum absolute atomic E-state index is 13.0. The first kappa shape index (κ1) is 17.3. The lowest BCUT2D eigenvalue weighted by molar-refractivity contribution is -0.145. The average molecular weight is 302 g/mol. The number of hydrogen-bond donors (Lipinski definition) is 2. The van der Waals surface area contributed by atoms with E-state index in [0.717, 1.165) is 12.8 Å². The van der Waals surface area contributed by atoms with Gasteiger partial charge in [-0.2, -0.15) is 0 Å². The van der Waals surface area contributed by atoms with Gasteiger partial charge in [0.15, 0.2) is 0 Å². The highest BCUT2D eigenvalue weighted by molar-refractivity contribution is 7.80. The van der Waals surface area contributed by atoms with Crippen LogP contribution in [0.5, 0.6) is 0 Å². The lowest BCUT2D eigenvalue weighted by Crippen LogP contribution is -2.56. The molecule has 0 atom stereocenters. The van der Waals surface area contributed by atoms with E-state index in [4.69, 9.17) is 22.7 Å². The zero-order valence-corrected chi connectivity index (χ0v) is 13.2. The van der Waals surface area contributed by atoms with Gasteiger partial charge in [-0.3, -0.25) is 4.79 Å². The molecular formula is C14H26N2O3S. The number of rotatable bonds is 7. The molecule has 1 amide bonds. The summed E-state index contributed by atoms with van der Waals surface area (Å²) in [5, 5.41) is 9.26. The van der Waals surface area contributed by atoms with Crippen molar-refractivity contribution in [1.82, 2.24) is 4.90 Å². The predicted molar refractivity (Wildman–Crippen MR) is 82.4 cm³/mol. The van der Waals surface area contributed by atoms with E-state index in [9.17, 15) is 9.90 Å². The van der Waals surface area contributed by atoms with E-state index >= 15 is 0 Å². The van der Waals surface area contributed by atoms with Crippen molar-refractivity contribution in [2.75, 3.05) is 26.4 Å². The van der Waals surface area contributed by atoms with Crippen molar-refractivity contribution in [3.63, 3.8) is 0 Å². The van der Waals surface area contributed by atoms with E-state index in [1.165, 1.54) is 0 Å². The highest BCUT2D eigenvalue weighted by atomic mass is 32.1. The fourth-order valence-electron chi connectivity index (χ4n) is 2.85. The second kappa shape index (κ2) is 7.90. The SMILES string of the molecule is CCC(CC)N(CCO)C(=O)C1(C(N)=S)CCOCC1. The Morgan fingerprint density at radius 2 is 1.95 bits per heavy atom. The predicted octanol–water partition coefficient (Wildman–Crippen LogP) is 1.08. The van der Waals surface area contributed by atoms with Gasteiger partial charge in [0, 0.05) is 25.8 Å². The van der Waals surface area contributed by atoms with Gasteiger partial charge in [-0.1, -0.05) is 26.1 Å². The molecule has 0 bridgehead atoms. The van der Waals surface area contributed by atoms with Crippen LogP contribution in [-0.2, 0) is 9.53 Å². The van der Waals surface area contributed by atoms with Gasteiger partial charge < -0.3 is 20.5 Å². The molecule has 1 aliphatic rings. The van der Waals surface area contributed by atoms with E-state index in [0.29, 0.717) is 32.6 Å². The summed E-state index contributed by atoms with van der Waals surface area (Å²) in [5.41, 5.74) is 5.09. The van der Waals surface area contributed by atoms with E-state index in [-0.39, 0.29) is 23.5 Å². The van der Waals surface area contributed by atoms with Crippen molar-refractivity contribution in [1.29, 1.82) is 0 Å². The normalized spacial score (nSPS) is 18.0. The minimum atomic E-state index is -0.800. The van der Waals surface area contributed by atoms with Crippen molar-refractivity contribution in [3.05, 3.63) is 0 Å². The molecule has 20 heavy (non-hydrogen) atoms. The fourth-order valence-corrected chi connectivity index (χ4v) is 3.14. The van der Waals surface area contributed by atoms with Gasteiger partial charge in [0.2, 0.25) is 5.91 Å². The second-order valence-corrected chi connectivity index (χ2v) is 5.69. The smallest absolute Gasteiger partial charge is 0.236 e. The lowest BCUT2D eigenvalue weighted by atomic mass is 9.78. The zero-order chi connectivity index (χ0) is 15.2. The Balaban J connectivity index is 3.03. The van der Waals surface area contributed by atoms with Gasteiger partial charge in [0.05, 0.1) is 11.6 Å². The third-order valence-corrected chi connectivity index (χ3v) is 4.60. The summed E-state index contributed by atoms with van der Waals surface area (Å²) >= 11 is 5.18. The molecule has 116 valence electrons. The summed E-state index contributed by atoms with van der Waals surface area (Å²) < 4.78 is 5.34. The molecule has 0 aliphatic carbocycles. The summed E-state index contributed by atoms with van der Waals surface area (Å²) in [6, 6.07) is 0.115. The summed E-state index contributed by atoms with van der Waals surface area (Å²) in [4.78, 5) is 15.0. The molecule has 1 heterocycles. The summed E-state index contributed by atoms with van der Waals surface area (Å²) in [6.45, 7) is 5.37. The highest BCUT2D eigenvalue weighted by Gasteiger charge is 2.46. The molecule has 0 radical (unpaired) electrons. The van der Waals surface area contributed by atoms with Crippen molar-refractivity contribution >= 4 is 23.1 Å². The number of nitrogens with zero attached hydrogens (tertiary/aromatic N) is 1. The number of thiocarbonyl (C=S) groups is 1. The van der Waals surface area contributed by atoms with Crippen LogP contribution in [0.2, 0.25) is 0 Å². The van der Waals surface area contributed by atoms with Crippen molar-refractivity contribution in [2.24, 2.45) is 11.1 Å². The van der Waals surface area contributed by atoms with Gasteiger partial charge >= 0.3 is 0 Å². The van der Waals surface area contributed by atoms with Crippen LogP contribution in [0.15, 0.2) is 0 Å². The Kier molecular flexibility index (Phi) is 6.85. The van der Waals surface area contributed by atoms with Gasteiger partial charge in [-0.25, -0.2) is 0 Å². The van der Waals surface area contributed by atoms with E-state index in [1.54, 1.807) is 4.90 Å². The number of ether oxygens (including phenoxy) is 1. The van der Waals surface area contributed by atoms with Gasteiger partial charge in [0.25, 0.3) is 0 Å². The van der Waals surface area contributed by atoms with Crippen LogP contribution in [0.3, 0.4) is 0 Å². The number of amides is 1. The van der Waals surface area contributed by atoms with Crippen LogP contribution >= 0.6 is 12.2 Å². The zero-order valence-electron chi connectivity index (χ0n) is 12.4. The lowest BCUT2D eigenvalue weighted by Gasteiger charge is -2.41. The molecule has 0 unspecified atom stereocenters. The Bertz CT molecular complexity index is 339. The number of aliphatic hydroxyl groups excluding tert-OH is 1. The third kappa shape index (κ3) is 3.48. The van der Waals surface area contributed by atoms with Gasteiger partial charge in [-0.15, -0.1) is 0 Å². The number of hydrogen-bond acceptors (Lipinski definition) is 4. The molecule has 1 fully saturated rings. The molecule has 1 aliphatic heterocycles. The molecule has 1 saturated heterocycles. The van der Waals surface area contributed by atoms with Crippen molar-refractivity contribution < 1.29 is 14.6 Å². The summed E-state index contributed by atoms with van der Waals surface area (Å²) in [7, 11) is 0. The minimum absolute atomic E-state index is 0.0453. The topological polar surface area (TPSA) is 75.8 Å². The maximum atomic E-state index is 13.0. The van der Waals surface area contributed by atoms with Gasteiger partial charge in [0.1, 0.15) is 5.41 Å². The number of nitrogens with two attached hydrogens (primary N) is 1. The Hall–Kier alpha value is -0.720. The first-order valence-electron chi connectivity index (χ1n) is 7.33. The molecule has 0 aromatic rings. The molecule has 0 aromatic heterocycles. The molecule has 0 spiro atoms. The number of carbonyl (C=O) groups is 1. The quantitative estimate of drug-likeness (QED) is 0.688. The highest BCUT2D eigenvalue weighted by Crippen LogP contribution is 2.34. The Morgan fingerprint density at radius 3 is 2.35 bits per heavy atom. The van der Waals surface area contributed by atoms with E-state index < -0.39 is 5.41 Å². The second-order valence-electron chi connectivity index (χ2n) is 5.25. The van der Waals surface area contributed by atoms with Crippen LogP contribution in [-0.4, -0.2) is 53.3 Å². The molecule has 6 heteroatoms. The molecule has 3 N–H and O–H groups in total. The molecule has 5 nitrogen and oxygen atoms in total. The average Bonchev–Trinajstić information content (AvgIpc) is 2.47. The number of carbonyl (C=O) groups excluding carboxylic acids is 1. The summed E-state index contributed by atoms with van der Waals surface area (Å²) in [5.74, 6) is -0.0453. The van der Waals surface area contributed by atoms with Crippen LogP contribution in [0.4, 0.5) is 0 Å². The minimum Gasteiger partial charge on any atom is -0.395 e. The van der Waals surface area contributed by atoms with Crippen LogP contribution < -0.4 is 5.73 Å². The third-order valence-electron chi connectivity index (χ3n) is 4.21. The first-order valence-corrected chi connectivity index (χ1v) is 7.73. The molecular weight excluding hydrogens is 276 g/mol. The van der Waals surface area contributed by atoms with Crippen molar-refractivity contribution in [3.8, 4) is 0 Å². The van der Waals surface area contributed by atoms with E-state index in [2.05, 4.69) is 0 Å². The monoisotopic (exact) mass is 302 g/mol. The first-order chi connectivity index (χ1) is 9.53. The standard InChI is InChI=1S/C14H26N2O3S/c1-3-11(4-2)16(7-8-17)13(18)14(12(15)20)5-9-19-10-6-14/h11,17H,3-10H2,1-2H3,(H2,15,20). The largest absolute Gasteiger partial charge is 0.395 e. The van der Waals surface area contributed by atoms with Crippen LogP contribution in [0.1, 0.15) is 39.5 Å². The van der Waals surface area contributed by atoms with Gasteiger partial charge in [-0.05, 0) is 25.7 Å². The molecule has 1 rings (SSSR count). The van der Waals surface area contributed by atoms with Crippen LogP contribution in [0.25, 0.3) is 0 Å². The van der Waals surface area contributed by atoms with Crippen LogP contribution in [0, 0.1) is 5.41 Å². The molecule has 0 aromatic carbocycles. The van der Waals surface area contributed by atoms with Crippen molar-refractivity contribution in [2.45, 2.75) is 45.6 Å².